The molecule has 0 aliphatic rings. The zero-order valence-corrected chi connectivity index (χ0v) is 17.1. The van der Waals surface area contributed by atoms with E-state index in [4.69, 9.17) is 4.74 Å². The lowest BCUT2D eigenvalue weighted by Crippen LogP contribution is -2.33. The van der Waals surface area contributed by atoms with E-state index in [1.807, 2.05) is 54.6 Å². The van der Waals surface area contributed by atoms with Gasteiger partial charge in [0, 0.05) is 24.2 Å². The second-order valence-electron chi connectivity index (χ2n) is 6.74. The summed E-state index contributed by atoms with van der Waals surface area (Å²) in [6.07, 6.45) is 0.970. The summed E-state index contributed by atoms with van der Waals surface area (Å²) in [5.41, 5.74) is 4.65. The predicted octanol–water partition coefficient (Wildman–Crippen LogP) is 4.60. The standard InChI is InChI=1S/C24H27N3O2/c1-4-27(5-2)21-15-13-19(14-16-21)17-25-26-24(28)18(3)29-23-12-8-10-20-9-6-7-11-22(20)23/h6-18H,4-5H2,1-3H3,(H,26,28)/b25-17+. The average molecular weight is 389 g/mol. The summed E-state index contributed by atoms with van der Waals surface area (Å²) < 4.78 is 5.87. The fourth-order valence-corrected chi connectivity index (χ4v) is 3.16. The Bertz CT molecular complexity index is 974. The molecule has 150 valence electrons. The molecule has 0 heterocycles. The van der Waals surface area contributed by atoms with Crippen LogP contribution in [0.1, 0.15) is 26.3 Å². The molecule has 5 heteroatoms. The first-order valence-corrected chi connectivity index (χ1v) is 9.94. The first kappa shape index (κ1) is 20.4. The van der Waals surface area contributed by atoms with Crippen molar-refractivity contribution in [3.8, 4) is 5.75 Å². The number of hydrogen-bond donors (Lipinski definition) is 1. The Morgan fingerprint density at radius 2 is 1.72 bits per heavy atom. The van der Waals surface area contributed by atoms with Crippen LogP contribution in [0.15, 0.2) is 71.8 Å². The molecule has 0 spiro atoms. The Morgan fingerprint density at radius 1 is 1.03 bits per heavy atom. The number of hydrazone groups is 1. The summed E-state index contributed by atoms with van der Waals surface area (Å²) in [5, 5.41) is 6.11. The maximum absolute atomic E-state index is 12.3. The highest BCUT2D eigenvalue weighted by Crippen LogP contribution is 2.26. The van der Waals surface area contributed by atoms with E-state index in [-0.39, 0.29) is 5.91 Å². The van der Waals surface area contributed by atoms with Crippen molar-refractivity contribution in [3.05, 3.63) is 72.3 Å². The number of nitrogens with zero attached hydrogens (tertiary/aromatic N) is 2. The van der Waals surface area contributed by atoms with Gasteiger partial charge in [0.05, 0.1) is 6.21 Å². The van der Waals surface area contributed by atoms with Gasteiger partial charge in [0.2, 0.25) is 0 Å². The summed E-state index contributed by atoms with van der Waals surface area (Å²) in [6, 6.07) is 21.8. The van der Waals surface area contributed by atoms with Gasteiger partial charge in [-0.1, -0.05) is 48.5 Å². The molecule has 0 aromatic heterocycles. The van der Waals surface area contributed by atoms with Crippen LogP contribution >= 0.6 is 0 Å². The van der Waals surface area contributed by atoms with Gasteiger partial charge in [-0.05, 0) is 49.9 Å². The topological polar surface area (TPSA) is 53.9 Å². The van der Waals surface area contributed by atoms with Crippen molar-refractivity contribution in [2.75, 3.05) is 18.0 Å². The minimum atomic E-state index is -0.664. The van der Waals surface area contributed by atoms with Gasteiger partial charge >= 0.3 is 0 Å². The molecule has 3 aromatic carbocycles. The van der Waals surface area contributed by atoms with Gasteiger partial charge in [-0.2, -0.15) is 5.10 Å². The molecule has 1 atom stereocenters. The highest BCUT2D eigenvalue weighted by Gasteiger charge is 2.15. The Kier molecular flexibility index (Phi) is 6.85. The van der Waals surface area contributed by atoms with Crippen molar-refractivity contribution >= 4 is 28.6 Å². The van der Waals surface area contributed by atoms with Crippen LogP contribution in [0.5, 0.6) is 5.75 Å². The van der Waals surface area contributed by atoms with Crippen molar-refractivity contribution < 1.29 is 9.53 Å². The van der Waals surface area contributed by atoms with Gasteiger partial charge in [0.15, 0.2) is 6.10 Å². The summed E-state index contributed by atoms with van der Waals surface area (Å²) in [7, 11) is 0. The third-order valence-electron chi connectivity index (χ3n) is 4.83. The lowest BCUT2D eigenvalue weighted by Gasteiger charge is -2.20. The van der Waals surface area contributed by atoms with Crippen LogP contribution in [-0.2, 0) is 4.79 Å². The molecule has 0 saturated heterocycles. The smallest absolute Gasteiger partial charge is 0.280 e. The molecule has 0 fully saturated rings. The molecule has 1 N–H and O–H groups in total. The number of carbonyl (C=O) groups is 1. The Labute approximate surface area is 172 Å². The lowest BCUT2D eigenvalue weighted by molar-refractivity contribution is -0.127. The van der Waals surface area contributed by atoms with E-state index in [2.05, 4.69) is 41.4 Å². The molecular formula is C24H27N3O2. The average Bonchev–Trinajstić information content (AvgIpc) is 2.76. The largest absolute Gasteiger partial charge is 0.480 e. The zero-order chi connectivity index (χ0) is 20.6. The number of hydrogen-bond acceptors (Lipinski definition) is 4. The number of carbonyl (C=O) groups excluding carboxylic acids is 1. The van der Waals surface area contributed by atoms with E-state index in [0.29, 0.717) is 5.75 Å². The van der Waals surface area contributed by atoms with Crippen LogP contribution in [0.3, 0.4) is 0 Å². The Balaban J connectivity index is 1.58. The SMILES string of the molecule is CCN(CC)c1ccc(/C=N/NC(=O)C(C)Oc2cccc3ccccc23)cc1. The second kappa shape index (κ2) is 9.73. The van der Waals surface area contributed by atoms with Crippen LogP contribution < -0.4 is 15.1 Å². The number of benzene rings is 3. The molecule has 5 nitrogen and oxygen atoms in total. The Hall–Kier alpha value is -3.34. The summed E-state index contributed by atoms with van der Waals surface area (Å²) in [4.78, 5) is 14.6. The number of rotatable bonds is 8. The molecule has 0 bridgehead atoms. The van der Waals surface area contributed by atoms with Crippen molar-refractivity contribution in [2.45, 2.75) is 26.9 Å². The second-order valence-corrected chi connectivity index (χ2v) is 6.74. The molecule has 0 aliphatic heterocycles. The van der Waals surface area contributed by atoms with E-state index in [9.17, 15) is 4.79 Å². The fourth-order valence-electron chi connectivity index (χ4n) is 3.16. The normalized spacial score (nSPS) is 12.1. The summed E-state index contributed by atoms with van der Waals surface area (Å²) >= 11 is 0. The van der Waals surface area contributed by atoms with Gasteiger partial charge in [-0.3, -0.25) is 4.79 Å². The van der Waals surface area contributed by atoms with Crippen LogP contribution in [0.25, 0.3) is 10.8 Å². The molecule has 1 amide bonds. The number of fused-ring (bicyclic) bond motifs is 1. The number of amides is 1. The number of anilines is 1. The molecule has 29 heavy (non-hydrogen) atoms. The first-order valence-electron chi connectivity index (χ1n) is 9.94. The van der Waals surface area contributed by atoms with Crippen molar-refractivity contribution in [1.29, 1.82) is 0 Å². The molecule has 0 saturated carbocycles. The van der Waals surface area contributed by atoms with Gasteiger partial charge < -0.3 is 9.64 Å². The van der Waals surface area contributed by atoms with Crippen LogP contribution in [0, 0.1) is 0 Å². The highest BCUT2D eigenvalue weighted by molar-refractivity contribution is 5.89. The quantitative estimate of drug-likeness (QED) is 0.452. The highest BCUT2D eigenvalue weighted by atomic mass is 16.5. The van der Waals surface area contributed by atoms with Crippen LogP contribution in [-0.4, -0.2) is 31.3 Å². The van der Waals surface area contributed by atoms with E-state index in [1.165, 1.54) is 5.69 Å². The van der Waals surface area contributed by atoms with E-state index in [0.717, 1.165) is 29.4 Å². The maximum atomic E-state index is 12.3. The van der Waals surface area contributed by atoms with Gasteiger partial charge in [0.1, 0.15) is 5.75 Å². The lowest BCUT2D eigenvalue weighted by atomic mass is 10.1. The van der Waals surface area contributed by atoms with E-state index in [1.54, 1.807) is 13.1 Å². The third-order valence-corrected chi connectivity index (χ3v) is 4.83. The van der Waals surface area contributed by atoms with Crippen molar-refractivity contribution in [2.24, 2.45) is 5.10 Å². The molecule has 3 rings (SSSR count). The third kappa shape index (κ3) is 5.13. The molecular weight excluding hydrogens is 362 g/mol. The minimum Gasteiger partial charge on any atom is -0.480 e. The zero-order valence-electron chi connectivity index (χ0n) is 17.1. The molecule has 3 aromatic rings. The molecule has 0 radical (unpaired) electrons. The maximum Gasteiger partial charge on any atom is 0.280 e. The minimum absolute atomic E-state index is 0.297. The van der Waals surface area contributed by atoms with Gasteiger partial charge in [0.25, 0.3) is 5.91 Å². The van der Waals surface area contributed by atoms with Gasteiger partial charge in [-0.25, -0.2) is 5.43 Å². The van der Waals surface area contributed by atoms with E-state index < -0.39 is 6.10 Å². The monoisotopic (exact) mass is 389 g/mol. The van der Waals surface area contributed by atoms with Crippen LogP contribution in [0.2, 0.25) is 0 Å². The predicted molar refractivity (Wildman–Crippen MR) is 120 cm³/mol. The fraction of sp³-hybridized carbons (Fsp3) is 0.250. The van der Waals surface area contributed by atoms with Crippen molar-refractivity contribution in [1.82, 2.24) is 5.43 Å². The summed E-state index contributed by atoms with van der Waals surface area (Å²) in [5.74, 6) is 0.385. The van der Waals surface area contributed by atoms with Crippen molar-refractivity contribution in [3.63, 3.8) is 0 Å². The number of nitrogens with one attached hydrogen (secondary N) is 1. The number of ether oxygens (including phenoxy) is 1. The van der Waals surface area contributed by atoms with E-state index >= 15 is 0 Å². The molecule has 0 aliphatic carbocycles. The van der Waals surface area contributed by atoms with Gasteiger partial charge in [-0.15, -0.1) is 0 Å². The Morgan fingerprint density at radius 3 is 2.45 bits per heavy atom. The summed E-state index contributed by atoms with van der Waals surface area (Å²) in [6.45, 7) is 7.92. The molecule has 1 unspecified atom stereocenters. The van der Waals surface area contributed by atoms with Crippen LogP contribution in [0.4, 0.5) is 5.69 Å². The first-order chi connectivity index (χ1) is 14.1.